The molecule has 0 bridgehead atoms. The third-order valence-corrected chi connectivity index (χ3v) is 4.85. The topological polar surface area (TPSA) is 48.0 Å². The van der Waals surface area contributed by atoms with Crippen LogP contribution in [0.2, 0.25) is 0 Å². The summed E-state index contributed by atoms with van der Waals surface area (Å²) in [6, 6.07) is 11.9. The molecule has 0 saturated carbocycles. The highest BCUT2D eigenvalue weighted by Crippen LogP contribution is 2.33. The summed E-state index contributed by atoms with van der Waals surface area (Å²) in [5, 5.41) is 0. The number of rotatable bonds is 6. The van der Waals surface area contributed by atoms with Gasteiger partial charge in [-0.05, 0) is 56.7 Å². The monoisotopic (exact) mass is 451 g/mol. The number of nitrogens with zero attached hydrogens (tertiary/aromatic N) is 1. The normalized spacial score (nSPS) is 17.8. The van der Waals surface area contributed by atoms with E-state index in [0.29, 0.717) is 31.9 Å². The summed E-state index contributed by atoms with van der Waals surface area (Å²) in [6.45, 7) is 8.03. The van der Waals surface area contributed by atoms with E-state index in [9.17, 15) is 18.0 Å². The van der Waals surface area contributed by atoms with Gasteiger partial charge in [0.15, 0.2) is 0 Å². The van der Waals surface area contributed by atoms with Crippen LogP contribution >= 0.6 is 0 Å². The Labute approximate surface area is 186 Å². The highest BCUT2D eigenvalue weighted by Gasteiger charge is 2.30. The second-order valence-electron chi connectivity index (χ2n) is 8.69. The molecule has 1 unspecified atom stereocenters. The molecule has 1 saturated heterocycles. The highest BCUT2D eigenvalue weighted by atomic mass is 19.4. The number of morpholine rings is 1. The van der Waals surface area contributed by atoms with Crippen LogP contribution in [0.1, 0.15) is 44.4 Å². The van der Waals surface area contributed by atoms with Crippen molar-refractivity contribution in [3.8, 4) is 11.5 Å². The number of carbonyl (C=O) groups excluding carboxylic acids is 1. The minimum absolute atomic E-state index is 0.120. The van der Waals surface area contributed by atoms with Gasteiger partial charge in [-0.25, -0.2) is 0 Å². The summed E-state index contributed by atoms with van der Waals surface area (Å²) in [6.07, 6.45) is -4.27. The van der Waals surface area contributed by atoms with Gasteiger partial charge in [-0.2, -0.15) is 13.2 Å². The smallest absolute Gasteiger partial charge is 0.416 e. The van der Waals surface area contributed by atoms with Crippen LogP contribution in [0.25, 0.3) is 0 Å². The van der Waals surface area contributed by atoms with Crippen LogP contribution in [-0.4, -0.2) is 42.7 Å². The van der Waals surface area contributed by atoms with Gasteiger partial charge in [0.05, 0.1) is 24.7 Å². The van der Waals surface area contributed by atoms with Crippen LogP contribution in [0.5, 0.6) is 11.5 Å². The second kappa shape index (κ2) is 9.92. The molecule has 0 spiro atoms. The molecule has 1 aliphatic heterocycles. The zero-order chi connectivity index (χ0) is 23.4. The van der Waals surface area contributed by atoms with Gasteiger partial charge < -0.3 is 14.2 Å². The van der Waals surface area contributed by atoms with E-state index in [1.54, 1.807) is 12.1 Å². The van der Waals surface area contributed by atoms with Crippen molar-refractivity contribution in [3.05, 3.63) is 59.7 Å². The Kier molecular flexibility index (Phi) is 7.46. The van der Waals surface area contributed by atoms with Gasteiger partial charge in [-0.3, -0.25) is 9.69 Å². The van der Waals surface area contributed by atoms with Crippen molar-refractivity contribution < 1.29 is 32.2 Å². The molecule has 0 aromatic heterocycles. The van der Waals surface area contributed by atoms with Crippen molar-refractivity contribution in [2.75, 3.05) is 26.2 Å². The van der Waals surface area contributed by atoms with E-state index in [2.05, 4.69) is 4.90 Å². The molecule has 1 fully saturated rings. The van der Waals surface area contributed by atoms with Gasteiger partial charge in [-0.15, -0.1) is 0 Å². The number of halogens is 3. The number of alkyl halides is 3. The van der Waals surface area contributed by atoms with Crippen LogP contribution in [-0.2, 0) is 20.4 Å². The molecule has 5 nitrogen and oxygen atoms in total. The number of hydrogen-bond acceptors (Lipinski definition) is 5. The SMILES string of the molecule is CC(C)(C)OC(=O)CCN1CCOC(c2ccc(Oc3cccc(C(F)(F)F)c3)cc2)C1. The summed E-state index contributed by atoms with van der Waals surface area (Å²) in [7, 11) is 0. The van der Waals surface area contributed by atoms with Crippen LogP contribution < -0.4 is 4.74 Å². The molecule has 1 heterocycles. The van der Waals surface area contributed by atoms with Crippen molar-refractivity contribution in [3.63, 3.8) is 0 Å². The molecule has 2 aromatic rings. The predicted molar refractivity (Wildman–Crippen MR) is 114 cm³/mol. The Morgan fingerprint density at radius 2 is 1.81 bits per heavy atom. The molecule has 0 aliphatic carbocycles. The zero-order valence-corrected chi connectivity index (χ0v) is 18.4. The predicted octanol–water partition coefficient (Wildman–Crippen LogP) is 5.60. The van der Waals surface area contributed by atoms with E-state index in [1.165, 1.54) is 12.1 Å². The van der Waals surface area contributed by atoms with Crippen molar-refractivity contribution >= 4 is 5.97 Å². The molecule has 3 rings (SSSR count). The number of carbonyl (C=O) groups is 1. The number of ether oxygens (including phenoxy) is 3. The van der Waals surface area contributed by atoms with Crippen molar-refractivity contribution in [2.24, 2.45) is 0 Å². The first-order valence-corrected chi connectivity index (χ1v) is 10.5. The quantitative estimate of drug-likeness (QED) is 0.535. The minimum atomic E-state index is -4.42. The average Bonchev–Trinajstić information content (AvgIpc) is 2.71. The molecule has 1 aliphatic rings. The largest absolute Gasteiger partial charge is 0.460 e. The summed E-state index contributed by atoms with van der Waals surface area (Å²) in [5.74, 6) is 0.331. The molecule has 8 heteroatoms. The molecule has 1 atom stereocenters. The van der Waals surface area contributed by atoms with Crippen molar-refractivity contribution in [1.82, 2.24) is 4.90 Å². The molecule has 174 valence electrons. The Morgan fingerprint density at radius 1 is 1.09 bits per heavy atom. The Hall–Kier alpha value is -2.58. The molecule has 0 amide bonds. The summed E-state index contributed by atoms with van der Waals surface area (Å²) >= 11 is 0. The Morgan fingerprint density at radius 3 is 2.47 bits per heavy atom. The second-order valence-corrected chi connectivity index (χ2v) is 8.69. The third kappa shape index (κ3) is 7.24. The van der Waals surface area contributed by atoms with Crippen LogP contribution in [0.4, 0.5) is 13.2 Å². The van der Waals surface area contributed by atoms with E-state index in [1.807, 2.05) is 32.9 Å². The average molecular weight is 451 g/mol. The number of benzene rings is 2. The lowest BCUT2D eigenvalue weighted by molar-refractivity contribution is -0.155. The highest BCUT2D eigenvalue weighted by molar-refractivity contribution is 5.70. The van der Waals surface area contributed by atoms with Crippen molar-refractivity contribution in [1.29, 1.82) is 0 Å². The van der Waals surface area contributed by atoms with E-state index >= 15 is 0 Å². The van der Waals surface area contributed by atoms with Crippen LogP contribution in [0.15, 0.2) is 48.5 Å². The standard InChI is InChI=1S/C24H28F3NO4/c1-23(2,3)32-22(29)11-12-28-13-14-30-21(16-28)17-7-9-19(10-8-17)31-20-6-4-5-18(15-20)24(25,26)27/h4-10,15,21H,11-14,16H2,1-3H3. The zero-order valence-electron chi connectivity index (χ0n) is 18.4. The van der Waals surface area contributed by atoms with Gasteiger partial charge in [0.2, 0.25) is 0 Å². The van der Waals surface area contributed by atoms with Crippen LogP contribution in [0, 0.1) is 0 Å². The van der Waals surface area contributed by atoms with E-state index < -0.39 is 17.3 Å². The van der Waals surface area contributed by atoms with Gasteiger partial charge in [-0.1, -0.05) is 18.2 Å². The Balaban J connectivity index is 1.56. The van der Waals surface area contributed by atoms with Gasteiger partial charge in [0.25, 0.3) is 0 Å². The summed E-state index contributed by atoms with van der Waals surface area (Å²) < 4.78 is 55.4. The molecular weight excluding hydrogens is 423 g/mol. The third-order valence-electron chi connectivity index (χ3n) is 4.85. The maximum Gasteiger partial charge on any atom is 0.416 e. The summed E-state index contributed by atoms with van der Waals surface area (Å²) in [5.41, 5.74) is -0.320. The molecule has 0 radical (unpaired) electrons. The Bertz CT molecular complexity index is 907. The van der Waals surface area contributed by atoms with Gasteiger partial charge >= 0.3 is 12.1 Å². The lowest BCUT2D eigenvalue weighted by Crippen LogP contribution is -2.39. The van der Waals surface area contributed by atoms with E-state index in [0.717, 1.165) is 24.2 Å². The first kappa shape index (κ1) is 24.1. The molecule has 2 aromatic carbocycles. The summed E-state index contributed by atoms with van der Waals surface area (Å²) in [4.78, 5) is 14.1. The lowest BCUT2D eigenvalue weighted by atomic mass is 10.1. The minimum Gasteiger partial charge on any atom is -0.460 e. The van der Waals surface area contributed by atoms with Crippen LogP contribution in [0.3, 0.4) is 0 Å². The fourth-order valence-electron chi connectivity index (χ4n) is 3.37. The van der Waals surface area contributed by atoms with Gasteiger partial charge in [0.1, 0.15) is 17.1 Å². The molecular formula is C24H28F3NO4. The van der Waals surface area contributed by atoms with Gasteiger partial charge in [0, 0.05) is 19.6 Å². The van der Waals surface area contributed by atoms with E-state index in [-0.39, 0.29) is 17.8 Å². The number of hydrogen-bond donors (Lipinski definition) is 0. The maximum absolute atomic E-state index is 12.9. The fraction of sp³-hybridized carbons (Fsp3) is 0.458. The molecule has 32 heavy (non-hydrogen) atoms. The van der Waals surface area contributed by atoms with E-state index in [4.69, 9.17) is 14.2 Å². The lowest BCUT2D eigenvalue weighted by Gasteiger charge is -2.33. The first-order chi connectivity index (χ1) is 15.0. The first-order valence-electron chi connectivity index (χ1n) is 10.5. The fourth-order valence-corrected chi connectivity index (χ4v) is 3.37. The maximum atomic E-state index is 12.9. The van der Waals surface area contributed by atoms with Crippen molar-refractivity contribution in [2.45, 2.75) is 45.1 Å². The molecule has 0 N–H and O–H groups in total. The number of esters is 1.